The van der Waals surface area contributed by atoms with Crippen LogP contribution in [0.15, 0.2) is 18.2 Å². The predicted octanol–water partition coefficient (Wildman–Crippen LogP) is 2.77. The molecule has 1 fully saturated rings. The van der Waals surface area contributed by atoms with Crippen LogP contribution in [0.2, 0.25) is 0 Å². The summed E-state index contributed by atoms with van der Waals surface area (Å²) in [6.07, 6.45) is 2.68. The molecule has 102 valence electrons. The van der Waals surface area contributed by atoms with E-state index in [0.717, 1.165) is 25.0 Å². The van der Waals surface area contributed by atoms with Gasteiger partial charge in [-0.3, -0.25) is 5.32 Å². The van der Waals surface area contributed by atoms with E-state index >= 15 is 0 Å². The first kappa shape index (κ1) is 13.8. The van der Waals surface area contributed by atoms with Crippen molar-refractivity contribution in [3.05, 3.63) is 29.8 Å². The van der Waals surface area contributed by atoms with Gasteiger partial charge in [-0.15, -0.1) is 0 Å². The minimum Gasteiger partial charge on any atom is -0.493 e. The van der Waals surface area contributed by atoms with E-state index in [1.54, 1.807) is 0 Å². The number of nitrogens with one attached hydrogen (secondary N) is 1. The van der Waals surface area contributed by atoms with Gasteiger partial charge in [-0.05, 0) is 31.9 Å². The molecule has 1 aliphatic carbocycles. The molecule has 2 rings (SSSR count). The van der Waals surface area contributed by atoms with Gasteiger partial charge in [0.1, 0.15) is 11.3 Å². The average molecular weight is 266 g/mol. The number of nitrogens with zero attached hydrogens (tertiary/aromatic N) is 1. The molecule has 1 unspecified atom stereocenters. The first-order valence-electron chi connectivity index (χ1n) is 6.29. The summed E-state index contributed by atoms with van der Waals surface area (Å²) >= 11 is 0. The molecule has 5 heteroatoms. The number of hydrogen-bond donors (Lipinski definition) is 1. The molecule has 1 aromatic rings. The second kappa shape index (κ2) is 5.54. The van der Waals surface area contributed by atoms with Crippen LogP contribution in [0.25, 0.3) is 0 Å². The highest BCUT2D eigenvalue weighted by Crippen LogP contribution is 2.24. The summed E-state index contributed by atoms with van der Waals surface area (Å²) in [5, 5.41) is 12.4. The standard InChI is InChI=1S/C14H16F2N2O/c1-14(9-17,18-10-2-3-10)6-7-19-11-4-5-12(15)13(16)8-11/h4-5,8,10,18H,2-3,6-7H2,1H3. The third kappa shape index (κ3) is 3.90. The van der Waals surface area contributed by atoms with E-state index in [0.29, 0.717) is 12.5 Å². The fourth-order valence-corrected chi connectivity index (χ4v) is 1.78. The van der Waals surface area contributed by atoms with Crippen LogP contribution in [-0.2, 0) is 0 Å². The van der Waals surface area contributed by atoms with E-state index in [9.17, 15) is 8.78 Å². The zero-order valence-electron chi connectivity index (χ0n) is 10.7. The van der Waals surface area contributed by atoms with Gasteiger partial charge in [0.15, 0.2) is 11.6 Å². The molecule has 0 aliphatic heterocycles. The van der Waals surface area contributed by atoms with E-state index in [4.69, 9.17) is 10.00 Å². The molecular weight excluding hydrogens is 250 g/mol. The van der Waals surface area contributed by atoms with Gasteiger partial charge in [-0.25, -0.2) is 8.78 Å². The van der Waals surface area contributed by atoms with Crippen molar-refractivity contribution >= 4 is 0 Å². The van der Waals surface area contributed by atoms with Crippen LogP contribution in [0.4, 0.5) is 8.78 Å². The molecule has 1 saturated carbocycles. The Bertz CT molecular complexity index is 497. The number of hydrogen-bond acceptors (Lipinski definition) is 3. The van der Waals surface area contributed by atoms with E-state index in [1.807, 2.05) is 6.92 Å². The van der Waals surface area contributed by atoms with Crippen LogP contribution in [0, 0.1) is 23.0 Å². The Balaban J connectivity index is 1.84. The third-order valence-electron chi connectivity index (χ3n) is 3.11. The quantitative estimate of drug-likeness (QED) is 0.861. The lowest BCUT2D eigenvalue weighted by molar-refractivity contribution is 0.264. The highest BCUT2D eigenvalue weighted by Gasteiger charge is 2.32. The third-order valence-corrected chi connectivity index (χ3v) is 3.11. The molecule has 1 atom stereocenters. The van der Waals surface area contributed by atoms with Crippen LogP contribution >= 0.6 is 0 Å². The summed E-state index contributed by atoms with van der Waals surface area (Å²) in [7, 11) is 0. The molecule has 0 saturated heterocycles. The Morgan fingerprint density at radius 2 is 2.16 bits per heavy atom. The second-order valence-corrected chi connectivity index (χ2v) is 5.04. The van der Waals surface area contributed by atoms with Crippen molar-refractivity contribution in [3.63, 3.8) is 0 Å². The molecule has 0 heterocycles. The van der Waals surface area contributed by atoms with E-state index < -0.39 is 17.2 Å². The summed E-state index contributed by atoms with van der Waals surface area (Å²) in [5.74, 6) is -1.56. The number of ether oxygens (including phenoxy) is 1. The molecule has 0 spiro atoms. The van der Waals surface area contributed by atoms with Gasteiger partial charge in [-0.2, -0.15) is 5.26 Å². The molecular formula is C14H16F2N2O. The Kier molecular flexibility index (Phi) is 4.01. The number of halogens is 2. The van der Waals surface area contributed by atoms with Crippen molar-refractivity contribution in [3.8, 4) is 11.8 Å². The summed E-state index contributed by atoms with van der Waals surface area (Å²) in [6.45, 7) is 2.09. The predicted molar refractivity (Wildman–Crippen MR) is 66.6 cm³/mol. The molecule has 1 aromatic carbocycles. The van der Waals surface area contributed by atoms with Crippen molar-refractivity contribution in [1.82, 2.24) is 5.32 Å². The molecule has 0 amide bonds. The molecule has 3 nitrogen and oxygen atoms in total. The lowest BCUT2D eigenvalue weighted by Crippen LogP contribution is -2.43. The minimum absolute atomic E-state index is 0.269. The van der Waals surface area contributed by atoms with Crippen LogP contribution in [0.1, 0.15) is 26.2 Å². The van der Waals surface area contributed by atoms with Crippen LogP contribution in [0.5, 0.6) is 5.75 Å². The van der Waals surface area contributed by atoms with Gasteiger partial charge in [0.2, 0.25) is 0 Å². The maximum Gasteiger partial charge on any atom is 0.162 e. The lowest BCUT2D eigenvalue weighted by Gasteiger charge is -2.23. The summed E-state index contributed by atoms with van der Waals surface area (Å²) in [6, 6.07) is 6.06. The highest BCUT2D eigenvalue weighted by atomic mass is 19.2. The van der Waals surface area contributed by atoms with Crippen molar-refractivity contribution in [1.29, 1.82) is 5.26 Å². The SMILES string of the molecule is CC(C#N)(CCOc1ccc(F)c(F)c1)NC1CC1. The largest absolute Gasteiger partial charge is 0.493 e. The summed E-state index contributed by atoms with van der Waals surface area (Å²) in [4.78, 5) is 0. The van der Waals surface area contributed by atoms with Gasteiger partial charge in [-0.1, -0.05) is 0 Å². The van der Waals surface area contributed by atoms with E-state index in [1.165, 1.54) is 6.07 Å². The van der Waals surface area contributed by atoms with E-state index in [2.05, 4.69) is 11.4 Å². The fourth-order valence-electron chi connectivity index (χ4n) is 1.78. The Morgan fingerprint density at radius 1 is 1.42 bits per heavy atom. The first-order valence-corrected chi connectivity index (χ1v) is 6.29. The molecule has 1 aliphatic rings. The van der Waals surface area contributed by atoms with Crippen molar-refractivity contribution < 1.29 is 13.5 Å². The highest BCUT2D eigenvalue weighted by molar-refractivity contribution is 5.23. The van der Waals surface area contributed by atoms with Crippen molar-refractivity contribution in [2.45, 2.75) is 37.8 Å². The Morgan fingerprint density at radius 3 is 2.74 bits per heavy atom. The van der Waals surface area contributed by atoms with Gasteiger partial charge in [0.05, 0.1) is 12.7 Å². The molecule has 0 aromatic heterocycles. The zero-order valence-corrected chi connectivity index (χ0v) is 10.7. The molecule has 1 N–H and O–H groups in total. The average Bonchev–Trinajstić information content (AvgIpc) is 3.17. The van der Waals surface area contributed by atoms with Gasteiger partial charge >= 0.3 is 0 Å². The van der Waals surface area contributed by atoms with Gasteiger partial charge in [0.25, 0.3) is 0 Å². The molecule has 0 radical (unpaired) electrons. The Labute approximate surface area is 111 Å². The minimum atomic E-state index is -0.934. The second-order valence-electron chi connectivity index (χ2n) is 5.04. The smallest absolute Gasteiger partial charge is 0.162 e. The lowest BCUT2D eigenvalue weighted by atomic mass is 10.0. The van der Waals surface area contributed by atoms with Gasteiger partial charge in [0, 0.05) is 18.5 Å². The number of nitriles is 1. The summed E-state index contributed by atoms with van der Waals surface area (Å²) < 4.78 is 31.0. The normalized spacial score (nSPS) is 17.6. The van der Waals surface area contributed by atoms with E-state index in [-0.39, 0.29) is 12.4 Å². The molecule has 19 heavy (non-hydrogen) atoms. The van der Waals surface area contributed by atoms with Crippen molar-refractivity contribution in [2.24, 2.45) is 0 Å². The van der Waals surface area contributed by atoms with Crippen molar-refractivity contribution in [2.75, 3.05) is 6.61 Å². The Hall–Kier alpha value is -1.67. The van der Waals surface area contributed by atoms with Crippen LogP contribution in [0.3, 0.4) is 0 Å². The van der Waals surface area contributed by atoms with Crippen LogP contribution in [-0.4, -0.2) is 18.2 Å². The number of rotatable bonds is 6. The van der Waals surface area contributed by atoms with Crippen LogP contribution < -0.4 is 10.1 Å². The zero-order chi connectivity index (χ0) is 13.9. The fraction of sp³-hybridized carbons (Fsp3) is 0.500. The topological polar surface area (TPSA) is 45.0 Å². The monoisotopic (exact) mass is 266 g/mol. The number of benzene rings is 1. The summed E-state index contributed by atoms with van der Waals surface area (Å²) in [5.41, 5.74) is -0.639. The maximum absolute atomic E-state index is 13.0. The first-order chi connectivity index (χ1) is 9.02. The van der Waals surface area contributed by atoms with Gasteiger partial charge < -0.3 is 4.74 Å². The maximum atomic E-state index is 13.0. The molecule has 0 bridgehead atoms.